The van der Waals surface area contributed by atoms with Crippen LogP contribution in [0.3, 0.4) is 0 Å². The standard InChI is InChI=1S/C17H12Cl2N4O2/c18-11-5-12(19)7-14(6-11)23-16-8-15(20-9-21-16)22-13-3-1-10(2-4-13)17(24)25/h1-9H,(H,24,25)(H2,20,21,22,23). The monoisotopic (exact) mass is 374 g/mol. The Morgan fingerprint density at radius 2 is 1.40 bits per heavy atom. The van der Waals surface area contributed by atoms with Crippen LogP contribution in [0.1, 0.15) is 10.4 Å². The fourth-order valence-electron chi connectivity index (χ4n) is 2.11. The highest BCUT2D eigenvalue weighted by atomic mass is 35.5. The first kappa shape index (κ1) is 17.0. The molecule has 0 fully saturated rings. The third-order valence-electron chi connectivity index (χ3n) is 3.21. The zero-order valence-corrected chi connectivity index (χ0v) is 14.2. The van der Waals surface area contributed by atoms with E-state index in [0.29, 0.717) is 33.1 Å². The second kappa shape index (κ2) is 7.38. The summed E-state index contributed by atoms with van der Waals surface area (Å²) in [6, 6.07) is 13.2. The van der Waals surface area contributed by atoms with Crippen LogP contribution in [0.2, 0.25) is 10.0 Å². The molecule has 126 valence electrons. The molecule has 3 aromatic rings. The first-order chi connectivity index (χ1) is 12.0. The third kappa shape index (κ3) is 4.59. The minimum absolute atomic E-state index is 0.216. The molecule has 0 aliphatic carbocycles. The Bertz CT molecular complexity index is 897. The third-order valence-corrected chi connectivity index (χ3v) is 3.64. The van der Waals surface area contributed by atoms with Gasteiger partial charge in [0.25, 0.3) is 0 Å². The quantitative estimate of drug-likeness (QED) is 0.584. The van der Waals surface area contributed by atoms with Gasteiger partial charge in [-0.1, -0.05) is 23.2 Å². The van der Waals surface area contributed by atoms with Crippen molar-refractivity contribution in [3.05, 3.63) is 70.5 Å². The number of carbonyl (C=O) groups is 1. The van der Waals surface area contributed by atoms with Crippen LogP contribution in [-0.4, -0.2) is 21.0 Å². The van der Waals surface area contributed by atoms with Crippen LogP contribution in [0.4, 0.5) is 23.0 Å². The molecule has 8 heteroatoms. The number of nitrogens with one attached hydrogen (secondary N) is 2. The van der Waals surface area contributed by atoms with Crippen molar-refractivity contribution in [1.29, 1.82) is 0 Å². The highest BCUT2D eigenvalue weighted by molar-refractivity contribution is 6.35. The molecule has 1 heterocycles. The summed E-state index contributed by atoms with van der Waals surface area (Å²) in [7, 11) is 0. The Hall–Kier alpha value is -2.83. The Kier molecular flexibility index (Phi) is 5.02. The number of halogens is 2. The SMILES string of the molecule is O=C(O)c1ccc(Nc2cc(Nc3cc(Cl)cc(Cl)c3)ncn2)cc1. The lowest BCUT2D eigenvalue weighted by molar-refractivity contribution is 0.0697. The van der Waals surface area contributed by atoms with Crippen molar-refractivity contribution in [2.45, 2.75) is 0 Å². The lowest BCUT2D eigenvalue weighted by Crippen LogP contribution is -1.99. The second-order valence-corrected chi connectivity index (χ2v) is 5.95. The fourth-order valence-corrected chi connectivity index (χ4v) is 2.64. The van der Waals surface area contributed by atoms with Gasteiger partial charge in [-0.3, -0.25) is 0 Å². The fraction of sp³-hybridized carbons (Fsp3) is 0. The number of benzene rings is 2. The van der Waals surface area contributed by atoms with Gasteiger partial charge in [0.2, 0.25) is 0 Å². The summed E-state index contributed by atoms with van der Waals surface area (Å²) in [4.78, 5) is 19.2. The molecule has 3 N–H and O–H groups in total. The highest BCUT2D eigenvalue weighted by Gasteiger charge is 2.04. The van der Waals surface area contributed by atoms with Crippen molar-refractivity contribution in [2.24, 2.45) is 0 Å². The largest absolute Gasteiger partial charge is 0.478 e. The number of carboxylic acids is 1. The summed E-state index contributed by atoms with van der Waals surface area (Å²) in [6.07, 6.45) is 1.41. The van der Waals surface area contributed by atoms with E-state index in [4.69, 9.17) is 28.3 Å². The van der Waals surface area contributed by atoms with Crippen LogP contribution in [0.15, 0.2) is 54.9 Å². The van der Waals surface area contributed by atoms with Crippen molar-refractivity contribution in [1.82, 2.24) is 9.97 Å². The minimum atomic E-state index is -0.972. The molecule has 2 aromatic carbocycles. The van der Waals surface area contributed by atoms with E-state index < -0.39 is 5.97 Å². The van der Waals surface area contributed by atoms with Crippen molar-refractivity contribution < 1.29 is 9.90 Å². The van der Waals surface area contributed by atoms with Gasteiger partial charge in [0.15, 0.2) is 0 Å². The van der Waals surface area contributed by atoms with Crippen LogP contribution < -0.4 is 10.6 Å². The zero-order chi connectivity index (χ0) is 17.8. The highest BCUT2D eigenvalue weighted by Crippen LogP contribution is 2.25. The van der Waals surface area contributed by atoms with Gasteiger partial charge in [0.1, 0.15) is 18.0 Å². The van der Waals surface area contributed by atoms with Gasteiger partial charge >= 0.3 is 5.97 Å². The Balaban J connectivity index is 1.75. The van der Waals surface area contributed by atoms with E-state index in [9.17, 15) is 4.79 Å². The normalized spacial score (nSPS) is 10.3. The number of aromatic carboxylic acids is 1. The average Bonchev–Trinajstić information content (AvgIpc) is 2.54. The van der Waals surface area contributed by atoms with Crippen LogP contribution in [0.25, 0.3) is 0 Å². The molecule has 0 unspecified atom stereocenters. The van der Waals surface area contributed by atoms with Gasteiger partial charge in [-0.15, -0.1) is 0 Å². The van der Waals surface area contributed by atoms with E-state index in [-0.39, 0.29) is 5.56 Å². The molecule has 3 rings (SSSR count). The van der Waals surface area contributed by atoms with Crippen LogP contribution in [0, 0.1) is 0 Å². The van der Waals surface area contributed by atoms with Gasteiger partial charge in [0, 0.05) is 27.5 Å². The molecule has 0 aliphatic heterocycles. The maximum absolute atomic E-state index is 10.9. The Morgan fingerprint density at radius 3 is 1.96 bits per heavy atom. The topological polar surface area (TPSA) is 87.1 Å². The van der Waals surface area contributed by atoms with Gasteiger partial charge in [-0.2, -0.15) is 0 Å². The molecule has 0 spiro atoms. The lowest BCUT2D eigenvalue weighted by Gasteiger charge is -2.09. The molecule has 6 nitrogen and oxygen atoms in total. The number of nitrogens with zero attached hydrogens (tertiary/aromatic N) is 2. The van der Waals surface area contributed by atoms with Crippen molar-refractivity contribution in [3.63, 3.8) is 0 Å². The van der Waals surface area contributed by atoms with E-state index in [1.54, 1.807) is 36.4 Å². The summed E-state index contributed by atoms with van der Waals surface area (Å²) >= 11 is 12.0. The first-order valence-electron chi connectivity index (χ1n) is 7.15. The van der Waals surface area contributed by atoms with Crippen molar-refractivity contribution >= 4 is 52.2 Å². The molecular formula is C17H12Cl2N4O2. The van der Waals surface area contributed by atoms with E-state index in [1.165, 1.54) is 18.5 Å². The number of hydrogen-bond donors (Lipinski definition) is 3. The molecule has 0 atom stereocenters. The van der Waals surface area contributed by atoms with E-state index in [2.05, 4.69) is 20.6 Å². The molecule has 25 heavy (non-hydrogen) atoms. The Morgan fingerprint density at radius 1 is 0.840 bits per heavy atom. The summed E-state index contributed by atoms with van der Waals surface area (Å²) in [5.74, 6) is 0.131. The molecule has 0 amide bonds. The van der Waals surface area contributed by atoms with E-state index in [0.717, 1.165) is 0 Å². The van der Waals surface area contributed by atoms with Crippen molar-refractivity contribution in [3.8, 4) is 0 Å². The molecule has 0 radical (unpaired) electrons. The summed E-state index contributed by atoms with van der Waals surface area (Å²) in [6.45, 7) is 0. The van der Waals surface area contributed by atoms with E-state index >= 15 is 0 Å². The molecular weight excluding hydrogens is 363 g/mol. The number of hydrogen-bond acceptors (Lipinski definition) is 5. The van der Waals surface area contributed by atoms with Gasteiger partial charge < -0.3 is 15.7 Å². The number of rotatable bonds is 5. The van der Waals surface area contributed by atoms with Crippen LogP contribution in [-0.2, 0) is 0 Å². The summed E-state index contributed by atoms with van der Waals surface area (Å²) < 4.78 is 0. The predicted molar refractivity (Wildman–Crippen MR) is 98.5 cm³/mol. The molecule has 0 saturated carbocycles. The number of aromatic nitrogens is 2. The summed E-state index contributed by atoms with van der Waals surface area (Å²) in [5, 5.41) is 16.1. The van der Waals surface area contributed by atoms with Gasteiger partial charge in [0.05, 0.1) is 5.56 Å². The van der Waals surface area contributed by atoms with E-state index in [1.807, 2.05) is 0 Å². The Labute approximate surface area is 153 Å². The maximum atomic E-state index is 10.9. The molecule has 0 bridgehead atoms. The molecule has 0 aliphatic rings. The maximum Gasteiger partial charge on any atom is 0.335 e. The lowest BCUT2D eigenvalue weighted by atomic mass is 10.2. The number of anilines is 4. The van der Waals surface area contributed by atoms with Gasteiger partial charge in [-0.25, -0.2) is 14.8 Å². The molecule has 1 aromatic heterocycles. The van der Waals surface area contributed by atoms with Crippen LogP contribution in [0.5, 0.6) is 0 Å². The first-order valence-corrected chi connectivity index (χ1v) is 7.91. The second-order valence-electron chi connectivity index (χ2n) is 5.08. The molecule has 0 saturated heterocycles. The van der Waals surface area contributed by atoms with Gasteiger partial charge in [-0.05, 0) is 42.5 Å². The van der Waals surface area contributed by atoms with Crippen LogP contribution >= 0.6 is 23.2 Å². The minimum Gasteiger partial charge on any atom is -0.478 e. The zero-order valence-electron chi connectivity index (χ0n) is 12.7. The van der Waals surface area contributed by atoms with Crippen molar-refractivity contribution in [2.75, 3.05) is 10.6 Å². The smallest absolute Gasteiger partial charge is 0.335 e. The average molecular weight is 375 g/mol. The predicted octanol–water partition coefficient (Wildman–Crippen LogP) is 4.97. The number of carboxylic acid groups (broad SMARTS) is 1. The summed E-state index contributed by atoms with van der Waals surface area (Å²) in [5.41, 5.74) is 1.63.